The van der Waals surface area contributed by atoms with Gasteiger partial charge in [-0.25, -0.2) is 4.79 Å². The summed E-state index contributed by atoms with van der Waals surface area (Å²) >= 11 is 0. The van der Waals surface area contributed by atoms with Crippen molar-refractivity contribution in [2.45, 2.75) is 19.8 Å². The molecule has 0 aliphatic carbocycles. The standard InChI is InChI=1S/C20H20N2O4/c1-2-3-11-25-18-9-7-16(8-10-18)20(24)26-14-19(23)22-17-6-4-5-15(12-17)13-21/h4-10,12H,2-3,11,14H2,1H3,(H,22,23). The highest BCUT2D eigenvalue weighted by Gasteiger charge is 2.11. The number of hydrogen-bond acceptors (Lipinski definition) is 5. The molecule has 0 fully saturated rings. The van der Waals surface area contributed by atoms with Gasteiger partial charge < -0.3 is 14.8 Å². The van der Waals surface area contributed by atoms with E-state index in [1.54, 1.807) is 42.5 Å². The molecule has 2 aromatic carbocycles. The number of carbonyl (C=O) groups is 2. The summed E-state index contributed by atoms with van der Waals surface area (Å²) in [4.78, 5) is 23.8. The van der Waals surface area contributed by atoms with Gasteiger partial charge in [-0.1, -0.05) is 19.4 Å². The van der Waals surface area contributed by atoms with Crippen LogP contribution in [0.3, 0.4) is 0 Å². The smallest absolute Gasteiger partial charge is 0.338 e. The molecular formula is C20H20N2O4. The zero-order valence-electron chi connectivity index (χ0n) is 14.5. The first-order valence-corrected chi connectivity index (χ1v) is 8.32. The minimum atomic E-state index is -0.592. The Bertz CT molecular complexity index is 794. The maximum atomic E-state index is 12.0. The van der Waals surface area contributed by atoms with Gasteiger partial charge in [-0.3, -0.25) is 4.79 Å². The summed E-state index contributed by atoms with van der Waals surface area (Å²) in [6.07, 6.45) is 2.02. The predicted molar refractivity (Wildman–Crippen MR) is 96.9 cm³/mol. The topological polar surface area (TPSA) is 88.4 Å². The van der Waals surface area contributed by atoms with Crippen LogP contribution in [-0.2, 0) is 9.53 Å². The van der Waals surface area contributed by atoms with Gasteiger partial charge in [0.25, 0.3) is 5.91 Å². The predicted octanol–water partition coefficient (Wildman–Crippen LogP) is 3.53. The molecule has 0 atom stereocenters. The molecule has 6 heteroatoms. The van der Waals surface area contributed by atoms with Gasteiger partial charge in [-0.05, 0) is 48.9 Å². The number of carbonyl (C=O) groups excluding carboxylic acids is 2. The number of rotatable bonds is 8. The molecule has 0 bridgehead atoms. The summed E-state index contributed by atoms with van der Waals surface area (Å²) < 4.78 is 10.5. The van der Waals surface area contributed by atoms with Gasteiger partial charge >= 0.3 is 5.97 Å². The summed E-state index contributed by atoms with van der Waals surface area (Å²) in [7, 11) is 0. The lowest BCUT2D eigenvalue weighted by molar-refractivity contribution is -0.119. The number of ether oxygens (including phenoxy) is 2. The highest BCUT2D eigenvalue weighted by Crippen LogP contribution is 2.14. The molecule has 0 aromatic heterocycles. The SMILES string of the molecule is CCCCOc1ccc(C(=O)OCC(=O)Nc2cccc(C#N)c2)cc1. The lowest BCUT2D eigenvalue weighted by atomic mass is 10.2. The van der Waals surface area contributed by atoms with E-state index in [2.05, 4.69) is 12.2 Å². The largest absolute Gasteiger partial charge is 0.494 e. The van der Waals surface area contributed by atoms with Crippen LogP contribution in [0.15, 0.2) is 48.5 Å². The highest BCUT2D eigenvalue weighted by atomic mass is 16.5. The Hall–Kier alpha value is -3.33. The fraction of sp³-hybridized carbons (Fsp3) is 0.250. The maximum absolute atomic E-state index is 12.0. The highest BCUT2D eigenvalue weighted by molar-refractivity contribution is 5.95. The number of unbranched alkanes of at least 4 members (excludes halogenated alkanes) is 1. The third-order valence-electron chi connectivity index (χ3n) is 3.47. The number of esters is 1. The average molecular weight is 352 g/mol. The quantitative estimate of drug-likeness (QED) is 0.580. The summed E-state index contributed by atoms with van der Waals surface area (Å²) in [5, 5.41) is 11.4. The molecule has 0 heterocycles. The van der Waals surface area contributed by atoms with E-state index < -0.39 is 18.5 Å². The molecular weight excluding hydrogens is 332 g/mol. The molecule has 0 unspecified atom stereocenters. The summed E-state index contributed by atoms with van der Waals surface area (Å²) in [5.74, 6) is -0.385. The number of nitriles is 1. The van der Waals surface area contributed by atoms with Gasteiger partial charge in [-0.15, -0.1) is 0 Å². The molecule has 26 heavy (non-hydrogen) atoms. The first-order valence-electron chi connectivity index (χ1n) is 8.32. The molecule has 0 aliphatic rings. The van der Waals surface area contributed by atoms with E-state index in [1.165, 1.54) is 6.07 Å². The number of benzene rings is 2. The van der Waals surface area contributed by atoms with Crippen LogP contribution in [0.25, 0.3) is 0 Å². The van der Waals surface area contributed by atoms with Crippen LogP contribution in [0.4, 0.5) is 5.69 Å². The van der Waals surface area contributed by atoms with Crippen molar-refractivity contribution in [3.8, 4) is 11.8 Å². The van der Waals surface area contributed by atoms with Crippen molar-refractivity contribution in [2.24, 2.45) is 0 Å². The fourth-order valence-electron chi connectivity index (χ4n) is 2.10. The molecule has 134 valence electrons. The van der Waals surface area contributed by atoms with Crippen LogP contribution in [0.2, 0.25) is 0 Å². The lowest BCUT2D eigenvalue weighted by Gasteiger charge is -2.08. The van der Waals surface area contributed by atoms with E-state index in [9.17, 15) is 9.59 Å². The molecule has 2 aromatic rings. The average Bonchev–Trinajstić information content (AvgIpc) is 2.67. The Morgan fingerprint density at radius 3 is 2.62 bits per heavy atom. The Kier molecular flexibility index (Phi) is 7.19. The zero-order chi connectivity index (χ0) is 18.8. The third-order valence-corrected chi connectivity index (χ3v) is 3.47. The first kappa shape index (κ1) is 19.0. The van der Waals surface area contributed by atoms with Crippen LogP contribution >= 0.6 is 0 Å². The van der Waals surface area contributed by atoms with E-state index in [1.807, 2.05) is 6.07 Å². The summed E-state index contributed by atoms with van der Waals surface area (Å²) in [5.41, 5.74) is 1.24. The number of hydrogen-bond donors (Lipinski definition) is 1. The number of nitrogens with one attached hydrogen (secondary N) is 1. The lowest BCUT2D eigenvalue weighted by Crippen LogP contribution is -2.20. The van der Waals surface area contributed by atoms with Gasteiger partial charge in [0.1, 0.15) is 5.75 Å². The molecule has 1 amide bonds. The van der Waals surface area contributed by atoms with Crippen molar-refractivity contribution in [1.82, 2.24) is 0 Å². The van der Waals surface area contributed by atoms with Crippen molar-refractivity contribution >= 4 is 17.6 Å². The molecule has 0 spiro atoms. The Morgan fingerprint density at radius 2 is 1.92 bits per heavy atom. The second-order valence-electron chi connectivity index (χ2n) is 5.54. The zero-order valence-corrected chi connectivity index (χ0v) is 14.5. The van der Waals surface area contributed by atoms with Gasteiger partial charge in [0.15, 0.2) is 6.61 Å². The van der Waals surface area contributed by atoms with E-state index in [4.69, 9.17) is 14.7 Å². The van der Waals surface area contributed by atoms with Crippen molar-refractivity contribution in [3.05, 3.63) is 59.7 Å². The van der Waals surface area contributed by atoms with E-state index >= 15 is 0 Å². The van der Waals surface area contributed by atoms with E-state index in [-0.39, 0.29) is 0 Å². The van der Waals surface area contributed by atoms with Crippen LogP contribution in [0, 0.1) is 11.3 Å². The third kappa shape index (κ3) is 5.95. The van der Waals surface area contributed by atoms with Crippen LogP contribution < -0.4 is 10.1 Å². The molecule has 0 radical (unpaired) electrons. The van der Waals surface area contributed by atoms with Crippen molar-refractivity contribution in [2.75, 3.05) is 18.5 Å². The Balaban J connectivity index is 1.82. The Morgan fingerprint density at radius 1 is 1.15 bits per heavy atom. The molecule has 0 aliphatic heterocycles. The second-order valence-corrected chi connectivity index (χ2v) is 5.54. The molecule has 6 nitrogen and oxygen atoms in total. The molecule has 1 N–H and O–H groups in total. The van der Waals surface area contributed by atoms with Crippen LogP contribution in [0.5, 0.6) is 5.75 Å². The normalized spacial score (nSPS) is 9.85. The Labute approximate surface area is 152 Å². The van der Waals surface area contributed by atoms with Crippen LogP contribution in [-0.4, -0.2) is 25.1 Å². The van der Waals surface area contributed by atoms with E-state index in [0.717, 1.165) is 12.8 Å². The summed E-state index contributed by atoms with van der Waals surface area (Å²) in [6.45, 7) is 2.30. The van der Waals surface area contributed by atoms with Crippen molar-refractivity contribution < 1.29 is 19.1 Å². The first-order chi connectivity index (χ1) is 12.6. The second kappa shape index (κ2) is 9.84. The summed E-state index contributed by atoms with van der Waals surface area (Å²) in [6, 6.07) is 15.0. The van der Waals surface area contributed by atoms with Gasteiger partial charge in [0.2, 0.25) is 0 Å². The molecule has 0 saturated carbocycles. The van der Waals surface area contributed by atoms with Gasteiger partial charge in [0.05, 0.1) is 23.8 Å². The minimum absolute atomic E-state index is 0.340. The fourth-order valence-corrected chi connectivity index (χ4v) is 2.10. The molecule has 2 rings (SSSR count). The monoisotopic (exact) mass is 352 g/mol. The number of nitrogens with zero attached hydrogens (tertiary/aromatic N) is 1. The number of anilines is 1. The minimum Gasteiger partial charge on any atom is -0.494 e. The van der Waals surface area contributed by atoms with Crippen molar-refractivity contribution in [3.63, 3.8) is 0 Å². The number of amides is 1. The van der Waals surface area contributed by atoms with Gasteiger partial charge in [0, 0.05) is 5.69 Å². The van der Waals surface area contributed by atoms with E-state index in [0.29, 0.717) is 29.2 Å². The van der Waals surface area contributed by atoms with Crippen LogP contribution in [0.1, 0.15) is 35.7 Å². The maximum Gasteiger partial charge on any atom is 0.338 e. The van der Waals surface area contributed by atoms with Gasteiger partial charge in [-0.2, -0.15) is 5.26 Å². The molecule has 0 saturated heterocycles. The van der Waals surface area contributed by atoms with Crippen molar-refractivity contribution in [1.29, 1.82) is 5.26 Å².